The van der Waals surface area contributed by atoms with Crippen molar-refractivity contribution in [3.63, 3.8) is 0 Å². The largest absolute Gasteiger partial charge is 0.359 e. The van der Waals surface area contributed by atoms with Crippen molar-refractivity contribution < 1.29 is 0 Å². The minimum Gasteiger partial charge on any atom is -0.359 e. The molecule has 3 heteroatoms. The smallest absolute Gasteiger partial charge is 0.0464 e. The van der Waals surface area contributed by atoms with Crippen molar-refractivity contribution >= 4 is 32.7 Å². The summed E-state index contributed by atoms with van der Waals surface area (Å²) in [5.74, 6) is 0. The van der Waals surface area contributed by atoms with E-state index in [1.165, 1.54) is 55.4 Å². The first-order chi connectivity index (χ1) is 17.2. The summed E-state index contributed by atoms with van der Waals surface area (Å²) in [5.41, 5.74) is 8.49. The second-order valence-corrected chi connectivity index (χ2v) is 8.72. The molecule has 3 nitrogen and oxygen atoms in total. The summed E-state index contributed by atoms with van der Waals surface area (Å²) in [4.78, 5) is 9.93. The number of hydrogen-bond acceptors (Lipinski definition) is 0. The third-order valence-electron chi connectivity index (χ3n) is 5.94. The molecule has 4 aromatic carbocycles. The number of nitrogens with one attached hydrogen (secondary N) is 3. The van der Waals surface area contributed by atoms with Crippen molar-refractivity contribution in [1.29, 1.82) is 0 Å². The number of benzene rings is 4. The van der Waals surface area contributed by atoms with Gasteiger partial charge in [0.15, 0.2) is 0 Å². The zero-order valence-electron chi connectivity index (χ0n) is 20.0. The molecule has 0 saturated heterocycles. The van der Waals surface area contributed by atoms with E-state index in [0.29, 0.717) is 0 Å². The van der Waals surface area contributed by atoms with E-state index in [0.717, 1.165) is 0 Å². The predicted molar refractivity (Wildman–Crippen MR) is 150 cm³/mol. The highest BCUT2D eigenvalue weighted by Gasteiger charge is 2.01. The lowest BCUT2D eigenvalue weighted by Crippen LogP contribution is -1.74. The predicted octanol–water partition coefficient (Wildman–Crippen LogP) is 8.79. The zero-order chi connectivity index (χ0) is 24.0. The van der Waals surface area contributed by atoms with Gasteiger partial charge in [-0.2, -0.15) is 0 Å². The quantitative estimate of drug-likeness (QED) is 0.221. The van der Waals surface area contributed by atoms with E-state index in [4.69, 9.17) is 0 Å². The molecule has 7 rings (SSSR count). The van der Waals surface area contributed by atoms with E-state index < -0.39 is 0 Å². The van der Waals surface area contributed by atoms with Crippen LogP contribution in [0.3, 0.4) is 0 Å². The molecule has 0 saturated carbocycles. The summed E-state index contributed by atoms with van der Waals surface area (Å²) in [6.07, 6.45) is 0. The molecule has 0 atom stereocenters. The van der Waals surface area contributed by atoms with Gasteiger partial charge in [0.2, 0.25) is 0 Å². The van der Waals surface area contributed by atoms with Crippen LogP contribution < -0.4 is 0 Å². The summed E-state index contributed by atoms with van der Waals surface area (Å²) in [5, 5.41) is 3.84. The van der Waals surface area contributed by atoms with Crippen LogP contribution in [0.4, 0.5) is 0 Å². The van der Waals surface area contributed by atoms with Crippen LogP contribution >= 0.6 is 0 Å². The zero-order valence-corrected chi connectivity index (χ0v) is 20.0. The summed E-state index contributed by atoms with van der Waals surface area (Å²) in [6, 6.07) is 41.8. The molecule has 0 radical (unpaired) electrons. The van der Waals surface area contributed by atoms with Crippen LogP contribution in [0.1, 0.15) is 11.4 Å². The maximum atomic E-state index is 3.41. The van der Waals surface area contributed by atoms with Gasteiger partial charge < -0.3 is 15.0 Å². The first-order valence-electron chi connectivity index (χ1n) is 11.9. The lowest BCUT2D eigenvalue weighted by Gasteiger charge is -1.94. The topological polar surface area (TPSA) is 47.4 Å². The summed E-state index contributed by atoms with van der Waals surface area (Å²) in [7, 11) is 0. The van der Waals surface area contributed by atoms with E-state index in [-0.39, 0.29) is 0 Å². The van der Waals surface area contributed by atoms with Crippen LogP contribution in [0.25, 0.3) is 44.0 Å². The van der Waals surface area contributed by atoms with Crippen molar-refractivity contribution in [3.8, 4) is 11.3 Å². The lowest BCUT2D eigenvalue weighted by atomic mass is 10.1. The van der Waals surface area contributed by atoms with Gasteiger partial charge in [0.25, 0.3) is 0 Å². The Balaban J connectivity index is 0.000000112. The normalized spacial score (nSPS) is 10.6. The first kappa shape index (κ1) is 22.3. The van der Waals surface area contributed by atoms with Crippen LogP contribution in [0.5, 0.6) is 0 Å². The van der Waals surface area contributed by atoms with Crippen molar-refractivity contribution in [1.82, 2.24) is 15.0 Å². The van der Waals surface area contributed by atoms with Gasteiger partial charge in [0.05, 0.1) is 0 Å². The minimum atomic E-state index is 1.18. The standard InChI is InChI=1S/C14H11N.2C9H9N/c1-2-6-11(7-3-1)14-10-12-8-4-5-9-13(12)15-14;2*1-7-6-8-4-2-3-5-9(8)10-7/h1-10,15H;2*2-6,10H,1H3. The Morgan fingerprint density at radius 2 is 0.800 bits per heavy atom. The van der Waals surface area contributed by atoms with Gasteiger partial charge in [-0.3, -0.25) is 0 Å². The Kier molecular flexibility index (Phi) is 6.49. The van der Waals surface area contributed by atoms with Gasteiger partial charge in [-0.15, -0.1) is 0 Å². The van der Waals surface area contributed by atoms with Gasteiger partial charge in [0, 0.05) is 39.0 Å². The van der Waals surface area contributed by atoms with Gasteiger partial charge in [-0.1, -0.05) is 84.9 Å². The molecular formula is C32H29N3. The van der Waals surface area contributed by atoms with E-state index >= 15 is 0 Å². The van der Waals surface area contributed by atoms with Gasteiger partial charge in [-0.05, 0) is 66.6 Å². The number of para-hydroxylation sites is 3. The Labute approximate surface area is 205 Å². The highest BCUT2D eigenvalue weighted by Crippen LogP contribution is 2.23. The number of aromatic nitrogens is 3. The molecule has 35 heavy (non-hydrogen) atoms. The van der Waals surface area contributed by atoms with Crippen LogP contribution in [0.2, 0.25) is 0 Å². The maximum Gasteiger partial charge on any atom is 0.0464 e. The molecule has 7 aromatic rings. The molecule has 0 unspecified atom stereocenters. The fraction of sp³-hybridized carbons (Fsp3) is 0.0625. The molecule has 0 spiro atoms. The van der Waals surface area contributed by atoms with E-state index in [1.54, 1.807) is 0 Å². The Morgan fingerprint density at radius 1 is 0.400 bits per heavy atom. The Morgan fingerprint density at radius 3 is 1.26 bits per heavy atom. The average Bonchev–Trinajstić information content (AvgIpc) is 3.59. The molecule has 3 heterocycles. The monoisotopic (exact) mass is 455 g/mol. The molecule has 3 aromatic heterocycles. The Hall–Kier alpha value is -4.50. The minimum absolute atomic E-state index is 1.18. The highest BCUT2D eigenvalue weighted by atomic mass is 14.7. The van der Waals surface area contributed by atoms with Crippen molar-refractivity contribution in [2.24, 2.45) is 0 Å². The number of fused-ring (bicyclic) bond motifs is 3. The molecule has 0 aliphatic carbocycles. The number of hydrogen-bond donors (Lipinski definition) is 3. The second-order valence-electron chi connectivity index (χ2n) is 8.72. The molecule has 3 N–H and O–H groups in total. The molecule has 0 fully saturated rings. The van der Waals surface area contributed by atoms with Gasteiger partial charge in [-0.25, -0.2) is 0 Å². The molecule has 0 aliphatic heterocycles. The summed E-state index contributed by atoms with van der Waals surface area (Å²) >= 11 is 0. The van der Waals surface area contributed by atoms with Crippen molar-refractivity contribution in [2.75, 3.05) is 0 Å². The fourth-order valence-electron chi connectivity index (χ4n) is 4.28. The van der Waals surface area contributed by atoms with Crippen molar-refractivity contribution in [2.45, 2.75) is 13.8 Å². The van der Waals surface area contributed by atoms with Crippen LogP contribution in [0.15, 0.2) is 121 Å². The first-order valence-corrected chi connectivity index (χ1v) is 11.9. The van der Waals surface area contributed by atoms with Crippen LogP contribution in [-0.2, 0) is 0 Å². The van der Waals surface area contributed by atoms with Crippen LogP contribution in [0, 0.1) is 13.8 Å². The van der Waals surface area contributed by atoms with E-state index in [9.17, 15) is 0 Å². The van der Waals surface area contributed by atoms with E-state index in [2.05, 4.69) is 126 Å². The van der Waals surface area contributed by atoms with E-state index in [1.807, 2.05) is 24.3 Å². The Bertz CT molecular complexity index is 1490. The molecular weight excluding hydrogens is 426 g/mol. The van der Waals surface area contributed by atoms with Gasteiger partial charge >= 0.3 is 0 Å². The average molecular weight is 456 g/mol. The number of aryl methyl sites for hydroxylation is 2. The van der Waals surface area contributed by atoms with Crippen molar-refractivity contribution in [3.05, 3.63) is 133 Å². The molecule has 0 aliphatic rings. The molecule has 0 amide bonds. The number of aromatic amines is 3. The SMILES string of the molecule is Cc1cc2ccccc2[nH]1.Cc1cc2ccccc2[nH]1.c1ccc(-c2cc3ccccc3[nH]2)cc1. The summed E-state index contributed by atoms with van der Waals surface area (Å²) in [6.45, 7) is 4.14. The number of H-pyrrole nitrogens is 3. The third-order valence-corrected chi connectivity index (χ3v) is 5.94. The lowest BCUT2D eigenvalue weighted by molar-refractivity contribution is 1.30. The number of rotatable bonds is 1. The van der Waals surface area contributed by atoms with Gasteiger partial charge in [0.1, 0.15) is 0 Å². The third kappa shape index (κ3) is 5.36. The maximum absolute atomic E-state index is 3.41. The second kappa shape index (κ2) is 10.2. The van der Waals surface area contributed by atoms with Crippen LogP contribution in [-0.4, -0.2) is 15.0 Å². The molecule has 0 bridgehead atoms. The summed E-state index contributed by atoms with van der Waals surface area (Å²) < 4.78 is 0. The molecule has 172 valence electrons. The fourth-order valence-corrected chi connectivity index (χ4v) is 4.28. The highest BCUT2D eigenvalue weighted by molar-refractivity contribution is 5.85.